The van der Waals surface area contributed by atoms with Crippen LogP contribution in [0.25, 0.3) is 0 Å². The van der Waals surface area contributed by atoms with E-state index < -0.39 is 6.09 Å². The Morgan fingerprint density at radius 2 is 2.00 bits per heavy atom. The molecule has 33 heavy (non-hydrogen) atoms. The molecule has 1 fully saturated rings. The fourth-order valence-electron chi connectivity index (χ4n) is 4.05. The molecule has 0 aliphatic heterocycles. The van der Waals surface area contributed by atoms with E-state index in [1.807, 2.05) is 35.9 Å². The van der Waals surface area contributed by atoms with Crippen LogP contribution in [0.15, 0.2) is 24.3 Å². The first-order valence-electron chi connectivity index (χ1n) is 12.0. The predicted molar refractivity (Wildman–Crippen MR) is 132 cm³/mol. The second kappa shape index (κ2) is 12.3. The first-order chi connectivity index (χ1) is 15.8. The fraction of sp³-hybridized carbons (Fsp3) is 0.600. The van der Waals surface area contributed by atoms with E-state index in [9.17, 15) is 4.79 Å². The van der Waals surface area contributed by atoms with E-state index >= 15 is 0 Å². The summed E-state index contributed by atoms with van der Waals surface area (Å²) in [7, 11) is 0. The summed E-state index contributed by atoms with van der Waals surface area (Å²) in [4.78, 5) is 12.4. The molecule has 2 aromatic rings. The summed E-state index contributed by atoms with van der Waals surface area (Å²) in [5, 5.41) is 11.4. The highest BCUT2D eigenvalue weighted by atomic mass is 35.5. The number of amides is 1. The normalized spacial score (nSPS) is 18.4. The van der Waals surface area contributed by atoms with Crippen LogP contribution in [0, 0.1) is 18.8 Å². The van der Waals surface area contributed by atoms with Gasteiger partial charge in [0.15, 0.2) is 5.82 Å². The minimum Gasteiger partial charge on any atom is -0.493 e. The Hall–Kier alpha value is -2.25. The van der Waals surface area contributed by atoms with E-state index in [2.05, 4.69) is 36.5 Å². The largest absolute Gasteiger partial charge is 0.493 e. The minimum atomic E-state index is -0.446. The Morgan fingerprint density at radius 3 is 2.70 bits per heavy atom. The van der Waals surface area contributed by atoms with E-state index in [1.54, 1.807) is 0 Å². The quantitative estimate of drug-likeness (QED) is 0.463. The maximum atomic E-state index is 12.4. The second-order valence-corrected chi connectivity index (χ2v) is 9.70. The molecule has 0 saturated heterocycles. The molecule has 0 spiro atoms. The number of anilines is 1. The number of aromatic nitrogens is 2. The van der Waals surface area contributed by atoms with Gasteiger partial charge in [-0.25, -0.2) is 4.79 Å². The molecule has 1 amide bonds. The van der Waals surface area contributed by atoms with Crippen molar-refractivity contribution in [1.82, 2.24) is 15.1 Å². The van der Waals surface area contributed by atoms with Gasteiger partial charge in [-0.3, -0.25) is 10.00 Å². The van der Waals surface area contributed by atoms with E-state index in [1.165, 1.54) is 0 Å². The highest BCUT2D eigenvalue weighted by Gasteiger charge is 2.24. The predicted octanol–water partition coefficient (Wildman–Crippen LogP) is 5.64. The smallest absolute Gasteiger partial charge is 0.413 e. The van der Waals surface area contributed by atoms with Crippen molar-refractivity contribution in [2.24, 2.45) is 11.8 Å². The van der Waals surface area contributed by atoms with Crippen molar-refractivity contribution in [2.45, 2.75) is 66.0 Å². The lowest BCUT2D eigenvalue weighted by atomic mass is 9.87. The maximum absolute atomic E-state index is 12.4. The molecule has 1 aliphatic rings. The average Bonchev–Trinajstić information content (AvgIpc) is 3.10. The summed E-state index contributed by atoms with van der Waals surface area (Å²) in [5.74, 6) is 2.36. The number of carbonyl (C=O) groups excluding carboxylic acids is 1. The molecule has 182 valence electrons. The summed E-state index contributed by atoms with van der Waals surface area (Å²) in [6.45, 7) is 11.5. The number of halogens is 1. The molecule has 1 aliphatic carbocycles. The summed E-state index contributed by atoms with van der Waals surface area (Å²) in [6.07, 6.45) is 3.51. The number of ether oxygens (including phenoxy) is 2. The molecule has 0 bridgehead atoms. The van der Waals surface area contributed by atoms with Crippen molar-refractivity contribution in [3.8, 4) is 5.75 Å². The number of rotatable bonds is 10. The van der Waals surface area contributed by atoms with Gasteiger partial charge in [0.05, 0.1) is 13.2 Å². The highest BCUT2D eigenvalue weighted by molar-refractivity contribution is 6.30. The van der Waals surface area contributed by atoms with Crippen LogP contribution in [0.3, 0.4) is 0 Å². The molecular formula is C25H37ClN4O3. The van der Waals surface area contributed by atoms with Gasteiger partial charge in [0.1, 0.15) is 11.9 Å². The Morgan fingerprint density at radius 1 is 1.24 bits per heavy atom. The van der Waals surface area contributed by atoms with Crippen molar-refractivity contribution in [3.63, 3.8) is 0 Å². The van der Waals surface area contributed by atoms with Crippen molar-refractivity contribution in [3.05, 3.63) is 40.5 Å². The molecule has 7 nitrogen and oxygen atoms in total. The third-order valence-electron chi connectivity index (χ3n) is 5.88. The monoisotopic (exact) mass is 476 g/mol. The topological polar surface area (TPSA) is 77.4 Å². The van der Waals surface area contributed by atoms with Crippen LogP contribution >= 0.6 is 11.6 Å². The molecule has 0 atom stereocenters. The van der Waals surface area contributed by atoms with Crippen LogP contribution in [0.4, 0.5) is 10.6 Å². The van der Waals surface area contributed by atoms with E-state index in [0.29, 0.717) is 35.8 Å². The van der Waals surface area contributed by atoms with Crippen LogP contribution in [0.5, 0.6) is 5.75 Å². The van der Waals surface area contributed by atoms with Crippen molar-refractivity contribution in [1.29, 1.82) is 0 Å². The van der Waals surface area contributed by atoms with Gasteiger partial charge in [-0.2, -0.15) is 5.10 Å². The maximum Gasteiger partial charge on any atom is 0.413 e. The van der Waals surface area contributed by atoms with Crippen LogP contribution in [0.1, 0.15) is 57.7 Å². The lowest BCUT2D eigenvalue weighted by Gasteiger charge is -2.28. The first-order valence-corrected chi connectivity index (χ1v) is 12.4. The Labute approximate surface area is 202 Å². The number of nitrogens with zero attached hydrogens (tertiary/aromatic N) is 2. The van der Waals surface area contributed by atoms with Crippen LogP contribution in [-0.2, 0) is 11.3 Å². The molecule has 8 heteroatoms. The van der Waals surface area contributed by atoms with E-state index in [-0.39, 0.29) is 6.10 Å². The number of hydrogen-bond donors (Lipinski definition) is 2. The Bertz CT molecular complexity index is 907. The van der Waals surface area contributed by atoms with Crippen molar-refractivity contribution < 1.29 is 14.3 Å². The first kappa shape index (κ1) is 25.4. The molecule has 3 rings (SSSR count). The van der Waals surface area contributed by atoms with Gasteiger partial charge in [0.25, 0.3) is 0 Å². The van der Waals surface area contributed by atoms with Gasteiger partial charge >= 0.3 is 6.09 Å². The lowest BCUT2D eigenvalue weighted by Crippen LogP contribution is -2.31. The molecule has 0 radical (unpaired) electrons. The third-order valence-corrected chi connectivity index (χ3v) is 6.11. The van der Waals surface area contributed by atoms with Gasteiger partial charge in [0, 0.05) is 22.3 Å². The van der Waals surface area contributed by atoms with Crippen molar-refractivity contribution >= 4 is 23.5 Å². The summed E-state index contributed by atoms with van der Waals surface area (Å²) >= 11 is 6.22. The number of carbonyl (C=O) groups is 1. The van der Waals surface area contributed by atoms with Crippen LogP contribution in [-0.4, -0.2) is 41.7 Å². The molecule has 1 aromatic heterocycles. The minimum absolute atomic E-state index is 0.0295. The second-order valence-electron chi connectivity index (χ2n) is 9.27. The third kappa shape index (κ3) is 7.93. The van der Waals surface area contributed by atoms with Gasteiger partial charge < -0.3 is 14.8 Å². The SMILES string of the molecule is CCNCC1CCC(OC(=O)Nc2cc(C)n(Cc3cc(Cl)ccc3OCC(C)C)n2)CC1. The summed E-state index contributed by atoms with van der Waals surface area (Å²) < 4.78 is 13.4. The standard InChI is InChI=1S/C25H37ClN4O3/c1-5-27-14-19-6-9-22(10-7-19)33-25(31)28-24-12-18(4)30(29-24)15-20-13-21(26)8-11-23(20)32-16-17(2)3/h8,11-13,17,19,22,27H,5-7,9-10,14-16H2,1-4H3,(H,28,29,31). The van der Waals surface area contributed by atoms with Crippen LogP contribution < -0.4 is 15.4 Å². The number of aryl methyl sites for hydroxylation is 1. The zero-order chi connectivity index (χ0) is 23.8. The molecular weight excluding hydrogens is 440 g/mol. The molecule has 2 N–H and O–H groups in total. The summed E-state index contributed by atoms with van der Waals surface area (Å²) in [5.41, 5.74) is 1.86. The number of benzene rings is 1. The van der Waals surface area contributed by atoms with E-state index in [0.717, 1.165) is 55.8 Å². The fourth-order valence-corrected chi connectivity index (χ4v) is 4.24. The summed E-state index contributed by atoms with van der Waals surface area (Å²) in [6, 6.07) is 7.45. The Kier molecular flexibility index (Phi) is 9.44. The van der Waals surface area contributed by atoms with Gasteiger partial charge in [0.2, 0.25) is 0 Å². The molecule has 1 saturated carbocycles. The van der Waals surface area contributed by atoms with Gasteiger partial charge in [-0.1, -0.05) is 32.4 Å². The Balaban J connectivity index is 1.55. The highest BCUT2D eigenvalue weighted by Crippen LogP contribution is 2.27. The van der Waals surface area contributed by atoms with E-state index in [4.69, 9.17) is 21.1 Å². The average molecular weight is 477 g/mol. The number of hydrogen-bond acceptors (Lipinski definition) is 5. The molecule has 0 unspecified atom stereocenters. The van der Waals surface area contributed by atoms with Gasteiger partial charge in [-0.15, -0.1) is 0 Å². The zero-order valence-corrected chi connectivity index (χ0v) is 21.0. The number of nitrogens with one attached hydrogen (secondary N) is 2. The molecule has 1 aromatic carbocycles. The van der Waals surface area contributed by atoms with Crippen LogP contribution in [0.2, 0.25) is 5.02 Å². The zero-order valence-electron chi connectivity index (χ0n) is 20.2. The van der Waals surface area contributed by atoms with Gasteiger partial charge in [-0.05, 0) is 75.7 Å². The molecule has 1 heterocycles. The van der Waals surface area contributed by atoms with Crippen molar-refractivity contribution in [2.75, 3.05) is 25.0 Å². The lowest BCUT2D eigenvalue weighted by molar-refractivity contribution is 0.0742.